The molecule has 1 aromatic heterocycles. The van der Waals surface area contributed by atoms with E-state index in [4.69, 9.17) is 0 Å². The molecule has 0 saturated carbocycles. The number of fused-ring (bicyclic) bond motifs is 1. The Morgan fingerprint density at radius 3 is 2.41 bits per heavy atom. The van der Waals surface area contributed by atoms with Crippen LogP contribution in [0, 0.1) is 0 Å². The first-order valence-corrected chi connectivity index (χ1v) is 5.84. The minimum atomic E-state index is 1.04. The first kappa shape index (κ1) is 11.6. The van der Waals surface area contributed by atoms with E-state index in [1.807, 2.05) is 12.3 Å². The van der Waals surface area contributed by atoms with Crippen LogP contribution >= 0.6 is 0 Å². The molecule has 86 valence electrons. The molecule has 0 spiro atoms. The molecule has 0 radical (unpaired) electrons. The Labute approximate surface area is 103 Å². The highest BCUT2D eigenvalue weighted by atomic mass is 14.7. The van der Waals surface area contributed by atoms with Crippen LogP contribution in [-0.4, -0.2) is 4.98 Å². The molecular weight excluding hydrogens is 206 g/mol. The molecule has 1 heteroatoms. The van der Waals surface area contributed by atoms with E-state index in [-0.39, 0.29) is 0 Å². The van der Waals surface area contributed by atoms with E-state index in [0.717, 1.165) is 5.69 Å². The van der Waals surface area contributed by atoms with Crippen LogP contribution in [0.1, 0.15) is 26.5 Å². The predicted molar refractivity (Wildman–Crippen MR) is 74.8 cm³/mol. The van der Waals surface area contributed by atoms with Crippen molar-refractivity contribution in [3.05, 3.63) is 59.9 Å². The average molecular weight is 223 g/mol. The minimum absolute atomic E-state index is 1.04. The lowest BCUT2D eigenvalue weighted by Gasteiger charge is -2.02. The Balaban J connectivity index is 2.43. The van der Waals surface area contributed by atoms with E-state index in [9.17, 15) is 0 Å². The molecule has 0 unspecified atom stereocenters. The molecule has 0 bridgehead atoms. The number of allylic oxidation sites excluding steroid dienone is 4. The number of aromatic nitrogens is 1. The summed E-state index contributed by atoms with van der Waals surface area (Å²) in [4.78, 5) is 4.49. The topological polar surface area (TPSA) is 12.9 Å². The molecule has 2 rings (SSSR count). The molecule has 0 aliphatic rings. The largest absolute Gasteiger partial charge is 0.256 e. The van der Waals surface area contributed by atoms with Crippen LogP contribution in [0.5, 0.6) is 0 Å². The van der Waals surface area contributed by atoms with E-state index in [0.29, 0.717) is 0 Å². The molecule has 0 aliphatic heterocycles. The average Bonchev–Trinajstić information content (AvgIpc) is 2.35. The summed E-state index contributed by atoms with van der Waals surface area (Å²) in [6, 6.07) is 10.4. The van der Waals surface area contributed by atoms with E-state index in [1.165, 1.54) is 21.9 Å². The summed E-state index contributed by atoms with van der Waals surface area (Å²) < 4.78 is 0. The van der Waals surface area contributed by atoms with E-state index < -0.39 is 0 Å². The molecular formula is C16H17N. The van der Waals surface area contributed by atoms with Crippen molar-refractivity contribution in [2.45, 2.75) is 20.8 Å². The van der Waals surface area contributed by atoms with Crippen LogP contribution in [-0.2, 0) is 0 Å². The van der Waals surface area contributed by atoms with Gasteiger partial charge in [-0.3, -0.25) is 4.98 Å². The maximum absolute atomic E-state index is 4.49. The lowest BCUT2D eigenvalue weighted by molar-refractivity contribution is 1.29. The maximum Gasteiger partial charge on any atom is 0.0665 e. The highest BCUT2D eigenvalue weighted by Crippen LogP contribution is 2.18. The second-order valence-electron chi connectivity index (χ2n) is 4.51. The van der Waals surface area contributed by atoms with E-state index >= 15 is 0 Å². The summed E-state index contributed by atoms with van der Waals surface area (Å²) in [6.45, 7) is 6.28. The van der Waals surface area contributed by atoms with Crippen molar-refractivity contribution in [3.8, 4) is 0 Å². The highest BCUT2D eigenvalue weighted by molar-refractivity contribution is 5.84. The van der Waals surface area contributed by atoms with Crippen LogP contribution in [0.25, 0.3) is 16.3 Å². The summed E-state index contributed by atoms with van der Waals surface area (Å²) in [6.07, 6.45) is 6.17. The normalized spacial score (nSPS) is 11.6. The van der Waals surface area contributed by atoms with Gasteiger partial charge >= 0.3 is 0 Å². The Kier molecular flexibility index (Phi) is 3.38. The first-order chi connectivity index (χ1) is 8.16. The summed E-state index contributed by atoms with van der Waals surface area (Å²) >= 11 is 0. The number of pyridine rings is 1. The fourth-order valence-corrected chi connectivity index (χ4v) is 1.68. The van der Waals surface area contributed by atoms with Gasteiger partial charge < -0.3 is 0 Å². The maximum atomic E-state index is 4.49. The predicted octanol–water partition coefficient (Wildman–Crippen LogP) is 4.60. The number of rotatable bonds is 2. The van der Waals surface area contributed by atoms with E-state index in [2.05, 4.69) is 62.2 Å². The third-order valence-corrected chi connectivity index (χ3v) is 2.70. The SMILES string of the molecule is CC(C)=C/C=C(\C)c1cc2ccccc2cn1. The Hall–Kier alpha value is -1.89. The lowest BCUT2D eigenvalue weighted by atomic mass is 10.1. The summed E-state index contributed by atoms with van der Waals surface area (Å²) in [5.74, 6) is 0. The lowest BCUT2D eigenvalue weighted by Crippen LogP contribution is -1.86. The number of benzene rings is 1. The summed E-state index contributed by atoms with van der Waals surface area (Å²) in [5, 5.41) is 2.42. The van der Waals surface area contributed by atoms with E-state index in [1.54, 1.807) is 0 Å². The molecule has 0 saturated heterocycles. The second kappa shape index (κ2) is 4.96. The van der Waals surface area contributed by atoms with Crippen molar-refractivity contribution in [1.29, 1.82) is 0 Å². The fraction of sp³-hybridized carbons (Fsp3) is 0.188. The van der Waals surface area contributed by atoms with Crippen LogP contribution in [0.4, 0.5) is 0 Å². The number of hydrogen-bond acceptors (Lipinski definition) is 1. The second-order valence-corrected chi connectivity index (χ2v) is 4.51. The van der Waals surface area contributed by atoms with Gasteiger partial charge in [0.15, 0.2) is 0 Å². The fourth-order valence-electron chi connectivity index (χ4n) is 1.68. The van der Waals surface area contributed by atoms with Crippen molar-refractivity contribution >= 4 is 16.3 Å². The van der Waals surface area contributed by atoms with Gasteiger partial charge in [-0.1, -0.05) is 42.0 Å². The van der Waals surface area contributed by atoms with Gasteiger partial charge in [-0.2, -0.15) is 0 Å². The third kappa shape index (κ3) is 2.82. The van der Waals surface area contributed by atoms with Gasteiger partial charge in [0.05, 0.1) is 5.69 Å². The van der Waals surface area contributed by atoms with Crippen molar-refractivity contribution < 1.29 is 0 Å². The number of hydrogen-bond donors (Lipinski definition) is 0. The van der Waals surface area contributed by atoms with Gasteiger partial charge in [0.2, 0.25) is 0 Å². The molecule has 0 amide bonds. The molecule has 1 heterocycles. The van der Waals surface area contributed by atoms with Crippen LogP contribution in [0.2, 0.25) is 0 Å². The Bertz CT molecular complexity index is 587. The number of nitrogens with zero attached hydrogens (tertiary/aromatic N) is 1. The minimum Gasteiger partial charge on any atom is -0.256 e. The quantitative estimate of drug-likeness (QED) is 0.678. The Morgan fingerprint density at radius 2 is 1.71 bits per heavy atom. The standard InChI is InChI=1S/C16H17N/c1-12(2)8-9-13(3)16-10-14-6-4-5-7-15(14)11-17-16/h4-11H,1-3H3/b13-9+. The molecule has 17 heavy (non-hydrogen) atoms. The van der Waals surface area contributed by atoms with Gasteiger partial charge in [0.25, 0.3) is 0 Å². The van der Waals surface area contributed by atoms with Crippen molar-refractivity contribution in [2.75, 3.05) is 0 Å². The monoisotopic (exact) mass is 223 g/mol. The van der Waals surface area contributed by atoms with Crippen molar-refractivity contribution in [1.82, 2.24) is 4.98 Å². The van der Waals surface area contributed by atoms with Crippen LogP contribution in [0.3, 0.4) is 0 Å². The zero-order chi connectivity index (χ0) is 12.3. The summed E-state index contributed by atoms with van der Waals surface area (Å²) in [5.41, 5.74) is 3.53. The summed E-state index contributed by atoms with van der Waals surface area (Å²) in [7, 11) is 0. The molecule has 0 fully saturated rings. The molecule has 1 aromatic carbocycles. The van der Waals surface area contributed by atoms with Gasteiger partial charge in [-0.05, 0) is 37.8 Å². The molecule has 2 aromatic rings. The van der Waals surface area contributed by atoms with Gasteiger partial charge in [-0.15, -0.1) is 0 Å². The smallest absolute Gasteiger partial charge is 0.0665 e. The third-order valence-electron chi connectivity index (χ3n) is 2.70. The highest BCUT2D eigenvalue weighted by Gasteiger charge is 1.98. The molecule has 0 aliphatic carbocycles. The van der Waals surface area contributed by atoms with Gasteiger partial charge in [-0.25, -0.2) is 0 Å². The molecule has 1 nitrogen and oxygen atoms in total. The molecule has 0 N–H and O–H groups in total. The zero-order valence-electron chi connectivity index (χ0n) is 10.6. The van der Waals surface area contributed by atoms with Crippen molar-refractivity contribution in [2.24, 2.45) is 0 Å². The van der Waals surface area contributed by atoms with Crippen molar-refractivity contribution in [3.63, 3.8) is 0 Å². The zero-order valence-corrected chi connectivity index (χ0v) is 10.6. The molecule has 0 atom stereocenters. The first-order valence-electron chi connectivity index (χ1n) is 5.84. The van der Waals surface area contributed by atoms with Crippen LogP contribution < -0.4 is 0 Å². The van der Waals surface area contributed by atoms with Crippen LogP contribution in [0.15, 0.2) is 54.3 Å². The van der Waals surface area contributed by atoms with Gasteiger partial charge in [0.1, 0.15) is 0 Å². The Morgan fingerprint density at radius 1 is 1.00 bits per heavy atom. The van der Waals surface area contributed by atoms with Gasteiger partial charge in [0, 0.05) is 11.6 Å².